The predicted octanol–water partition coefficient (Wildman–Crippen LogP) is 2.95. The Bertz CT molecular complexity index is 734. The fourth-order valence-corrected chi connectivity index (χ4v) is 2.42. The number of fused-ring (bicyclic) bond motifs is 1. The average Bonchev–Trinajstić information content (AvgIpc) is 2.75. The summed E-state index contributed by atoms with van der Waals surface area (Å²) in [6.07, 6.45) is 0.622. The van der Waals surface area contributed by atoms with E-state index in [0.29, 0.717) is 11.9 Å². The Morgan fingerprint density at radius 2 is 1.95 bits per heavy atom. The Morgan fingerprint density at radius 3 is 2.70 bits per heavy atom. The van der Waals surface area contributed by atoms with Gasteiger partial charge in [0.05, 0.1) is 11.0 Å². The second kappa shape index (κ2) is 5.06. The number of hydrogen-bond acceptors (Lipinski definition) is 2. The summed E-state index contributed by atoms with van der Waals surface area (Å²) < 4.78 is 15.2. The Labute approximate surface area is 116 Å². The van der Waals surface area contributed by atoms with Crippen molar-refractivity contribution in [2.45, 2.75) is 12.5 Å². The van der Waals surface area contributed by atoms with Crippen LogP contribution < -0.4 is 5.73 Å². The Hall–Kier alpha value is -2.20. The minimum Gasteiger partial charge on any atom is -0.331 e. The van der Waals surface area contributed by atoms with Crippen molar-refractivity contribution in [2.24, 2.45) is 12.8 Å². The zero-order valence-electron chi connectivity index (χ0n) is 11.3. The maximum Gasteiger partial charge on any atom is 0.125 e. The average molecular weight is 269 g/mol. The molecule has 3 aromatic rings. The molecule has 0 spiro atoms. The van der Waals surface area contributed by atoms with Crippen molar-refractivity contribution in [1.82, 2.24) is 9.55 Å². The van der Waals surface area contributed by atoms with Gasteiger partial charge in [-0.1, -0.05) is 30.3 Å². The zero-order chi connectivity index (χ0) is 14.1. The molecule has 0 radical (unpaired) electrons. The van der Waals surface area contributed by atoms with Crippen LogP contribution in [0.15, 0.2) is 48.5 Å². The summed E-state index contributed by atoms with van der Waals surface area (Å²) in [5.41, 5.74) is 8.88. The third-order valence-corrected chi connectivity index (χ3v) is 3.57. The molecular formula is C16H16FN3. The van der Waals surface area contributed by atoms with Gasteiger partial charge in [0.1, 0.15) is 11.6 Å². The normalized spacial score (nSPS) is 12.8. The number of hydrogen-bond donors (Lipinski definition) is 1. The first-order valence-corrected chi connectivity index (χ1v) is 6.56. The number of aromatic nitrogens is 2. The summed E-state index contributed by atoms with van der Waals surface area (Å²) in [4.78, 5) is 4.48. The Kier molecular flexibility index (Phi) is 3.24. The second-order valence-electron chi connectivity index (χ2n) is 4.94. The van der Waals surface area contributed by atoms with Crippen molar-refractivity contribution >= 4 is 11.0 Å². The molecule has 1 unspecified atom stereocenters. The van der Waals surface area contributed by atoms with E-state index < -0.39 is 0 Å². The maximum absolute atomic E-state index is 13.2. The van der Waals surface area contributed by atoms with Gasteiger partial charge < -0.3 is 10.3 Å². The first kappa shape index (κ1) is 12.8. The minimum absolute atomic E-state index is 0.114. The standard InChI is InChI=1S/C16H16FN3/c1-20-15-8-7-12(17)9-14(15)19-16(20)10-13(18)11-5-3-2-4-6-11/h2-9,13H,10,18H2,1H3. The van der Waals surface area contributed by atoms with Gasteiger partial charge in [0, 0.05) is 25.6 Å². The lowest BCUT2D eigenvalue weighted by atomic mass is 10.0. The topological polar surface area (TPSA) is 43.8 Å². The molecule has 4 heteroatoms. The highest BCUT2D eigenvalue weighted by Crippen LogP contribution is 2.20. The molecule has 102 valence electrons. The molecule has 3 nitrogen and oxygen atoms in total. The van der Waals surface area contributed by atoms with Gasteiger partial charge in [-0.15, -0.1) is 0 Å². The van der Waals surface area contributed by atoms with Crippen molar-refractivity contribution in [1.29, 1.82) is 0 Å². The summed E-state index contributed by atoms with van der Waals surface area (Å²) in [7, 11) is 1.93. The molecule has 0 saturated carbocycles. The lowest BCUT2D eigenvalue weighted by Crippen LogP contribution is -2.15. The summed E-state index contributed by atoms with van der Waals surface area (Å²) in [6, 6.07) is 14.5. The summed E-state index contributed by atoms with van der Waals surface area (Å²) in [6.45, 7) is 0. The molecule has 0 bridgehead atoms. The highest BCUT2D eigenvalue weighted by molar-refractivity contribution is 5.75. The van der Waals surface area contributed by atoms with Crippen LogP contribution in [-0.4, -0.2) is 9.55 Å². The van der Waals surface area contributed by atoms with Crippen LogP contribution in [0.3, 0.4) is 0 Å². The number of benzene rings is 2. The van der Waals surface area contributed by atoms with E-state index in [-0.39, 0.29) is 11.9 Å². The number of nitrogens with two attached hydrogens (primary N) is 1. The van der Waals surface area contributed by atoms with Crippen molar-refractivity contribution < 1.29 is 4.39 Å². The number of aryl methyl sites for hydroxylation is 1. The summed E-state index contributed by atoms with van der Waals surface area (Å²) in [5.74, 6) is 0.594. The lowest BCUT2D eigenvalue weighted by Gasteiger charge is -2.11. The predicted molar refractivity (Wildman–Crippen MR) is 77.7 cm³/mol. The van der Waals surface area contributed by atoms with Crippen molar-refractivity contribution in [2.75, 3.05) is 0 Å². The van der Waals surface area contributed by atoms with Crippen LogP contribution in [-0.2, 0) is 13.5 Å². The Balaban J connectivity index is 1.93. The monoisotopic (exact) mass is 269 g/mol. The van der Waals surface area contributed by atoms with E-state index in [1.807, 2.05) is 41.9 Å². The minimum atomic E-state index is -0.269. The fourth-order valence-electron chi connectivity index (χ4n) is 2.42. The fraction of sp³-hybridized carbons (Fsp3) is 0.188. The van der Waals surface area contributed by atoms with Crippen LogP contribution in [0.25, 0.3) is 11.0 Å². The zero-order valence-corrected chi connectivity index (χ0v) is 11.3. The summed E-state index contributed by atoms with van der Waals surface area (Å²) >= 11 is 0. The molecule has 0 saturated heterocycles. The van der Waals surface area contributed by atoms with Gasteiger partial charge in [-0.25, -0.2) is 9.37 Å². The van der Waals surface area contributed by atoms with Gasteiger partial charge in [0.15, 0.2) is 0 Å². The number of halogens is 1. The van der Waals surface area contributed by atoms with Gasteiger partial charge in [0.2, 0.25) is 0 Å². The van der Waals surface area contributed by atoms with Crippen molar-refractivity contribution in [3.63, 3.8) is 0 Å². The second-order valence-corrected chi connectivity index (χ2v) is 4.94. The molecule has 20 heavy (non-hydrogen) atoms. The number of rotatable bonds is 3. The molecule has 3 rings (SSSR count). The molecule has 1 atom stereocenters. The smallest absolute Gasteiger partial charge is 0.125 e. The first-order chi connectivity index (χ1) is 9.65. The number of imidazole rings is 1. The van der Waals surface area contributed by atoms with Gasteiger partial charge in [0.25, 0.3) is 0 Å². The first-order valence-electron chi connectivity index (χ1n) is 6.56. The van der Waals surface area contributed by atoms with Gasteiger partial charge in [-0.2, -0.15) is 0 Å². The third-order valence-electron chi connectivity index (χ3n) is 3.57. The van der Waals surface area contributed by atoms with E-state index in [1.165, 1.54) is 12.1 Å². The largest absolute Gasteiger partial charge is 0.331 e. The van der Waals surface area contributed by atoms with Crippen molar-refractivity contribution in [3.8, 4) is 0 Å². The van der Waals surface area contributed by atoms with Crippen LogP contribution in [0, 0.1) is 5.82 Å². The van der Waals surface area contributed by atoms with E-state index in [9.17, 15) is 4.39 Å². The highest BCUT2D eigenvalue weighted by atomic mass is 19.1. The van der Waals surface area contributed by atoms with Gasteiger partial charge >= 0.3 is 0 Å². The van der Waals surface area contributed by atoms with Crippen LogP contribution in [0.5, 0.6) is 0 Å². The third kappa shape index (κ3) is 2.30. The molecular weight excluding hydrogens is 253 g/mol. The molecule has 2 N–H and O–H groups in total. The van der Waals surface area contributed by atoms with Gasteiger partial charge in [-0.3, -0.25) is 0 Å². The summed E-state index contributed by atoms with van der Waals surface area (Å²) in [5, 5.41) is 0. The molecule has 1 aromatic heterocycles. The molecule has 0 aliphatic heterocycles. The van der Waals surface area contributed by atoms with E-state index in [0.717, 1.165) is 16.9 Å². The van der Waals surface area contributed by atoms with Crippen molar-refractivity contribution in [3.05, 3.63) is 65.7 Å². The van der Waals surface area contributed by atoms with Gasteiger partial charge in [-0.05, 0) is 17.7 Å². The van der Waals surface area contributed by atoms with Crippen LogP contribution >= 0.6 is 0 Å². The molecule has 0 aliphatic rings. The van der Waals surface area contributed by atoms with E-state index in [4.69, 9.17) is 5.73 Å². The molecule has 0 amide bonds. The van der Waals surface area contributed by atoms with Crippen LogP contribution in [0.4, 0.5) is 4.39 Å². The number of nitrogens with zero attached hydrogens (tertiary/aromatic N) is 2. The lowest BCUT2D eigenvalue weighted by molar-refractivity contribution is 0.629. The molecule has 1 heterocycles. The van der Waals surface area contributed by atoms with E-state index >= 15 is 0 Å². The van der Waals surface area contributed by atoms with Crippen LogP contribution in [0.2, 0.25) is 0 Å². The SMILES string of the molecule is Cn1c(CC(N)c2ccccc2)nc2cc(F)ccc21. The van der Waals surface area contributed by atoms with E-state index in [1.54, 1.807) is 6.07 Å². The molecule has 2 aromatic carbocycles. The highest BCUT2D eigenvalue weighted by Gasteiger charge is 2.13. The Morgan fingerprint density at radius 1 is 1.20 bits per heavy atom. The quantitative estimate of drug-likeness (QED) is 0.794. The molecule has 0 fully saturated rings. The van der Waals surface area contributed by atoms with E-state index in [2.05, 4.69) is 4.98 Å². The van der Waals surface area contributed by atoms with Crippen LogP contribution in [0.1, 0.15) is 17.4 Å². The maximum atomic E-state index is 13.2. The molecule has 0 aliphatic carbocycles.